The first kappa shape index (κ1) is 9.75. The zero-order valence-electron chi connectivity index (χ0n) is 7.26. The molecule has 1 aromatic rings. The average molecular weight is 228 g/mol. The molecular formula is C10H14BrN. The lowest BCUT2D eigenvalue weighted by molar-refractivity contribution is 0.665. The van der Waals surface area contributed by atoms with Gasteiger partial charge in [0, 0.05) is 10.5 Å². The Morgan fingerprint density at radius 3 is 2.67 bits per heavy atom. The average Bonchev–Trinajstić information content (AvgIpc) is 2.03. The van der Waals surface area contributed by atoms with Crippen LogP contribution in [0.1, 0.15) is 18.9 Å². The van der Waals surface area contributed by atoms with Crippen LogP contribution >= 0.6 is 15.9 Å². The zero-order valence-corrected chi connectivity index (χ0v) is 8.84. The molecule has 1 atom stereocenters. The predicted molar refractivity (Wildman–Crippen MR) is 56.1 cm³/mol. The van der Waals surface area contributed by atoms with Crippen LogP contribution in [0.15, 0.2) is 28.7 Å². The maximum absolute atomic E-state index is 5.68. The summed E-state index contributed by atoms with van der Waals surface area (Å²) in [7, 11) is 0. The van der Waals surface area contributed by atoms with Gasteiger partial charge in [-0.15, -0.1) is 0 Å². The Kier molecular flexibility index (Phi) is 3.76. The Bertz CT molecular complexity index is 245. The van der Waals surface area contributed by atoms with E-state index in [1.54, 1.807) is 0 Å². The highest BCUT2D eigenvalue weighted by molar-refractivity contribution is 9.10. The minimum absolute atomic E-state index is 0.289. The Balaban J connectivity index is 2.57. The summed E-state index contributed by atoms with van der Waals surface area (Å²) in [5.74, 6) is 0. The van der Waals surface area contributed by atoms with Crippen molar-refractivity contribution < 1.29 is 0 Å². The Morgan fingerprint density at radius 1 is 1.42 bits per heavy atom. The number of hydrogen-bond donors (Lipinski definition) is 1. The molecule has 1 aromatic carbocycles. The SMILES string of the molecule is CC(N)CCc1ccccc1Br. The van der Waals surface area contributed by atoms with Gasteiger partial charge in [0.05, 0.1) is 0 Å². The molecule has 0 heterocycles. The first-order valence-electron chi connectivity index (χ1n) is 4.19. The molecule has 1 rings (SSSR count). The number of nitrogens with two attached hydrogens (primary N) is 1. The van der Waals surface area contributed by atoms with Crippen molar-refractivity contribution in [1.82, 2.24) is 0 Å². The normalized spacial score (nSPS) is 12.9. The molecule has 0 spiro atoms. The van der Waals surface area contributed by atoms with Crippen LogP contribution in [0, 0.1) is 0 Å². The van der Waals surface area contributed by atoms with E-state index >= 15 is 0 Å². The first-order chi connectivity index (χ1) is 5.70. The quantitative estimate of drug-likeness (QED) is 0.845. The molecular weight excluding hydrogens is 214 g/mol. The van der Waals surface area contributed by atoms with Crippen LogP contribution in [0.4, 0.5) is 0 Å². The van der Waals surface area contributed by atoms with E-state index in [4.69, 9.17) is 5.73 Å². The lowest BCUT2D eigenvalue weighted by Gasteiger charge is -2.06. The van der Waals surface area contributed by atoms with E-state index in [1.165, 1.54) is 10.0 Å². The first-order valence-corrected chi connectivity index (χ1v) is 4.98. The van der Waals surface area contributed by atoms with Gasteiger partial charge in [0.25, 0.3) is 0 Å². The molecule has 12 heavy (non-hydrogen) atoms. The summed E-state index contributed by atoms with van der Waals surface area (Å²) in [5, 5.41) is 0. The van der Waals surface area contributed by atoms with E-state index in [2.05, 4.69) is 34.1 Å². The fourth-order valence-electron chi connectivity index (χ4n) is 1.08. The van der Waals surface area contributed by atoms with Gasteiger partial charge in [-0.05, 0) is 31.4 Å². The molecule has 0 aliphatic carbocycles. The Morgan fingerprint density at radius 2 is 2.08 bits per heavy atom. The second-order valence-corrected chi connectivity index (χ2v) is 3.96. The highest BCUT2D eigenvalue weighted by Crippen LogP contribution is 2.17. The highest BCUT2D eigenvalue weighted by atomic mass is 79.9. The fraction of sp³-hybridized carbons (Fsp3) is 0.400. The summed E-state index contributed by atoms with van der Waals surface area (Å²) in [6.07, 6.45) is 2.10. The third-order valence-corrected chi connectivity index (χ3v) is 2.60. The topological polar surface area (TPSA) is 26.0 Å². The van der Waals surface area contributed by atoms with Gasteiger partial charge in [-0.25, -0.2) is 0 Å². The summed E-state index contributed by atoms with van der Waals surface area (Å²) in [6, 6.07) is 8.57. The van der Waals surface area contributed by atoms with Crippen molar-refractivity contribution >= 4 is 15.9 Å². The molecule has 0 aliphatic rings. The van der Waals surface area contributed by atoms with E-state index in [0.717, 1.165) is 12.8 Å². The minimum Gasteiger partial charge on any atom is -0.328 e. The third-order valence-electron chi connectivity index (χ3n) is 1.83. The van der Waals surface area contributed by atoms with Crippen molar-refractivity contribution in [3.8, 4) is 0 Å². The Labute approximate surface area is 82.1 Å². The van der Waals surface area contributed by atoms with Crippen molar-refractivity contribution in [1.29, 1.82) is 0 Å². The summed E-state index contributed by atoms with van der Waals surface area (Å²) in [5.41, 5.74) is 7.02. The summed E-state index contributed by atoms with van der Waals surface area (Å²) < 4.78 is 1.19. The van der Waals surface area contributed by atoms with Crippen molar-refractivity contribution in [2.24, 2.45) is 5.73 Å². The van der Waals surface area contributed by atoms with Crippen LogP contribution < -0.4 is 5.73 Å². The molecule has 66 valence electrons. The molecule has 0 radical (unpaired) electrons. The molecule has 0 amide bonds. The smallest absolute Gasteiger partial charge is 0.0207 e. The van der Waals surface area contributed by atoms with E-state index in [1.807, 2.05) is 13.0 Å². The standard InChI is InChI=1S/C10H14BrN/c1-8(12)6-7-9-4-2-3-5-10(9)11/h2-5,8H,6-7,12H2,1H3. The van der Waals surface area contributed by atoms with Gasteiger partial charge in [0.2, 0.25) is 0 Å². The largest absolute Gasteiger partial charge is 0.328 e. The molecule has 0 saturated carbocycles. The van der Waals surface area contributed by atoms with Gasteiger partial charge >= 0.3 is 0 Å². The zero-order chi connectivity index (χ0) is 8.97. The van der Waals surface area contributed by atoms with E-state index < -0.39 is 0 Å². The minimum atomic E-state index is 0.289. The van der Waals surface area contributed by atoms with Gasteiger partial charge in [0.15, 0.2) is 0 Å². The van der Waals surface area contributed by atoms with Crippen LogP contribution in [0.5, 0.6) is 0 Å². The van der Waals surface area contributed by atoms with Crippen molar-refractivity contribution in [3.05, 3.63) is 34.3 Å². The molecule has 0 bridgehead atoms. The maximum atomic E-state index is 5.68. The number of halogens is 1. The fourth-order valence-corrected chi connectivity index (χ4v) is 1.57. The Hall–Kier alpha value is -0.340. The van der Waals surface area contributed by atoms with Crippen molar-refractivity contribution in [2.45, 2.75) is 25.8 Å². The van der Waals surface area contributed by atoms with Crippen molar-refractivity contribution in [3.63, 3.8) is 0 Å². The van der Waals surface area contributed by atoms with Crippen LogP contribution in [0.25, 0.3) is 0 Å². The molecule has 2 heteroatoms. The number of rotatable bonds is 3. The summed E-state index contributed by atoms with van der Waals surface area (Å²) in [6.45, 7) is 2.04. The van der Waals surface area contributed by atoms with Gasteiger partial charge < -0.3 is 5.73 Å². The molecule has 1 nitrogen and oxygen atoms in total. The lowest BCUT2D eigenvalue weighted by atomic mass is 10.1. The van der Waals surface area contributed by atoms with Crippen LogP contribution in [0.2, 0.25) is 0 Å². The van der Waals surface area contributed by atoms with E-state index in [9.17, 15) is 0 Å². The van der Waals surface area contributed by atoms with Crippen molar-refractivity contribution in [2.75, 3.05) is 0 Å². The predicted octanol–water partition coefficient (Wildman–Crippen LogP) is 2.73. The third kappa shape index (κ3) is 2.95. The highest BCUT2D eigenvalue weighted by Gasteiger charge is 1.99. The molecule has 0 fully saturated rings. The van der Waals surface area contributed by atoms with Crippen LogP contribution in [0.3, 0.4) is 0 Å². The molecule has 0 saturated heterocycles. The van der Waals surface area contributed by atoms with E-state index in [-0.39, 0.29) is 6.04 Å². The number of hydrogen-bond acceptors (Lipinski definition) is 1. The second-order valence-electron chi connectivity index (χ2n) is 3.11. The summed E-state index contributed by atoms with van der Waals surface area (Å²) in [4.78, 5) is 0. The van der Waals surface area contributed by atoms with Crippen LogP contribution in [-0.4, -0.2) is 6.04 Å². The molecule has 0 aromatic heterocycles. The monoisotopic (exact) mass is 227 g/mol. The number of aryl methyl sites for hydroxylation is 1. The number of benzene rings is 1. The van der Waals surface area contributed by atoms with Crippen LogP contribution in [-0.2, 0) is 6.42 Å². The van der Waals surface area contributed by atoms with Gasteiger partial charge in [0.1, 0.15) is 0 Å². The maximum Gasteiger partial charge on any atom is 0.0207 e. The van der Waals surface area contributed by atoms with E-state index in [0.29, 0.717) is 0 Å². The molecule has 0 aliphatic heterocycles. The second kappa shape index (κ2) is 4.63. The lowest BCUT2D eigenvalue weighted by Crippen LogP contribution is -2.15. The van der Waals surface area contributed by atoms with Gasteiger partial charge in [-0.3, -0.25) is 0 Å². The summed E-state index contributed by atoms with van der Waals surface area (Å²) >= 11 is 3.51. The molecule has 1 unspecified atom stereocenters. The van der Waals surface area contributed by atoms with Gasteiger partial charge in [-0.2, -0.15) is 0 Å². The van der Waals surface area contributed by atoms with Gasteiger partial charge in [-0.1, -0.05) is 34.1 Å². The molecule has 2 N–H and O–H groups in total.